The third-order valence-electron chi connectivity index (χ3n) is 1.11. The van der Waals surface area contributed by atoms with E-state index in [9.17, 15) is 0 Å². The van der Waals surface area contributed by atoms with Crippen molar-refractivity contribution in [1.29, 1.82) is 0 Å². The summed E-state index contributed by atoms with van der Waals surface area (Å²) in [6, 6.07) is 10.1. The van der Waals surface area contributed by atoms with E-state index in [1.54, 1.807) is 0 Å². The minimum Gasteiger partial charge on any atom is -0.250 e. The molecule has 0 fully saturated rings. The van der Waals surface area contributed by atoms with E-state index in [1.807, 2.05) is 31.5 Å². The van der Waals surface area contributed by atoms with Crippen molar-refractivity contribution >= 4 is 6.21 Å². The Labute approximate surface area is 55.1 Å². The molecule has 0 aromatic heterocycles. The van der Waals surface area contributed by atoms with Crippen LogP contribution in [0, 0.1) is 0 Å². The van der Waals surface area contributed by atoms with Crippen LogP contribution in [0.5, 0.6) is 0 Å². The lowest BCUT2D eigenvalue weighted by Gasteiger charge is -1.82. The predicted molar refractivity (Wildman–Crippen MR) is 38.5 cm³/mol. The molecule has 0 unspecified atom stereocenters. The standard InChI is InChI=1S/C8H9N/c1-9-7-8-5-3-2-4-6-8/h2-7H,1H3/p+1. The molecule has 0 atom stereocenters. The number of rotatable bonds is 1. The summed E-state index contributed by atoms with van der Waals surface area (Å²) in [7, 11) is 1.90. The van der Waals surface area contributed by atoms with E-state index < -0.39 is 0 Å². The van der Waals surface area contributed by atoms with Crippen LogP contribution in [0.15, 0.2) is 30.3 Å². The van der Waals surface area contributed by atoms with Gasteiger partial charge >= 0.3 is 0 Å². The molecular weight excluding hydrogens is 110 g/mol. The van der Waals surface area contributed by atoms with Crippen molar-refractivity contribution in [3.8, 4) is 0 Å². The van der Waals surface area contributed by atoms with Crippen LogP contribution in [0.2, 0.25) is 0 Å². The molecule has 0 bridgehead atoms. The lowest BCUT2D eigenvalue weighted by atomic mass is 10.2. The van der Waals surface area contributed by atoms with Crippen LogP contribution in [0.4, 0.5) is 0 Å². The van der Waals surface area contributed by atoms with Crippen molar-refractivity contribution < 1.29 is 4.99 Å². The van der Waals surface area contributed by atoms with Gasteiger partial charge in [0.05, 0.1) is 0 Å². The first-order valence-electron chi connectivity index (χ1n) is 2.99. The van der Waals surface area contributed by atoms with Gasteiger partial charge in [-0.15, -0.1) is 0 Å². The Bertz CT molecular complexity index is 189. The maximum atomic E-state index is 2.96. The molecule has 1 heteroatoms. The highest BCUT2D eigenvalue weighted by molar-refractivity contribution is 5.74. The van der Waals surface area contributed by atoms with Gasteiger partial charge in [-0.05, 0) is 12.1 Å². The highest BCUT2D eigenvalue weighted by atomic mass is 14.6. The van der Waals surface area contributed by atoms with Crippen LogP contribution >= 0.6 is 0 Å². The second-order valence-corrected chi connectivity index (χ2v) is 1.84. The Balaban J connectivity index is 2.85. The summed E-state index contributed by atoms with van der Waals surface area (Å²) < 4.78 is 0. The fourth-order valence-corrected chi connectivity index (χ4v) is 0.716. The SMILES string of the molecule is C[NH+]=Cc1ccccc1. The normalized spacial score (nSPS) is 10.3. The van der Waals surface area contributed by atoms with Crippen LogP contribution in [-0.2, 0) is 0 Å². The van der Waals surface area contributed by atoms with Crippen LogP contribution in [0.3, 0.4) is 0 Å². The van der Waals surface area contributed by atoms with E-state index >= 15 is 0 Å². The zero-order chi connectivity index (χ0) is 6.53. The van der Waals surface area contributed by atoms with Crippen molar-refractivity contribution in [2.45, 2.75) is 0 Å². The zero-order valence-corrected chi connectivity index (χ0v) is 5.46. The molecule has 1 rings (SSSR count). The number of hydrogen-bond acceptors (Lipinski definition) is 0. The molecule has 1 aromatic carbocycles. The average Bonchev–Trinajstić information content (AvgIpc) is 1.91. The number of hydrogen-bond donors (Lipinski definition) is 1. The lowest BCUT2D eigenvalue weighted by molar-refractivity contribution is -0.413. The van der Waals surface area contributed by atoms with Crippen molar-refractivity contribution in [3.63, 3.8) is 0 Å². The minimum absolute atomic E-state index is 1.21. The topological polar surface area (TPSA) is 14.0 Å². The molecule has 1 aromatic rings. The Kier molecular flexibility index (Phi) is 2.02. The fraction of sp³-hybridized carbons (Fsp3) is 0.125. The molecule has 9 heavy (non-hydrogen) atoms. The van der Waals surface area contributed by atoms with Crippen LogP contribution in [-0.4, -0.2) is 13.3 Å². The molecule has 1 N–H and O–H groups in total. The van der Waals surface area contributed by atoms with Crippen molar-refractivity contribution in [2.75, 3.05) is 7.05 Å². The fourth-order valence-electron chi connectivity index (χ4n) is 0.716. The third kappa shape index (κ3) is 1.68. The largest absolute Gasteiger partial charge is 0.250 e. The maximum Gasteiger partial charge on any atom is 0.168 e. The molecule has 0 saturated heterocycles. The highest BCUT2D eigenvalue weighted by Crippen LogP contribution is 1.90. The summed E-state index contributed by atoms with van der Waals surface area (Å²) in [5.41, 5.74) is 1.21. The van der Waals surface area contributed by atoms with Gasteiger partial charge in [0.25, 0.3) is 0 Å². The smallest absolute Gasteiger partial charge is 0.168 e. The van der Waals surface area contributed by atoms with Gasteiger partial charge in [-0.2, -0.15) is 0 Å². The molecule has 0 aliphatic carbocycles. The van der Waals surface area contributed by atoms with Gasteiger partial charge < -0.3 is 0 Å². The van der Waals surface area contributed by atoms with Crippen LogP contribution < -0.4 is 4.99 Å². The van der Waals surface area contributed by atoms with Crippen molar-refractivity contribution in [1.82, 2.24) is 0 Å². The van der Waals surface area contributed by atoms with Gasteiger partial charge in [-0.25, -0.2) is 0 Å². The van der Waals surface area contributed by atoms with E-state index in [0.717, 1.165) is 0 Å². The van der Waals surface area contributed by atoms with Gasteiger partial charge in [-0.3, -0.25) is 4.99 Å². The predicted octanol–water partition coefficient (Wildman–Crippen LogP) is -0.184. The molecule has 0 amide bonds. The van der Waals surface area contributed by atoms with E-state index in [0.29, 0.717) is 0 Å². The van der Waals surface area contributed by atoms with Gasteiger partial charge in [0.1, 0.15) is 7.05 Å². The Hall–Kier alpha value is -1.11. The molecular formula is C8H10N+. The van der Waals surface area contributed by atoms with Gasteiger partial charge in [-0.1, -0.05) is 18.2 Å². The molecule has 1 nitrogen and oxygen atoms in total. The van der Waals surface area contributed by atoms with Gasteiger partial charge in [0, 0.05) is 5.56 Å². The number of nitrogens with one attached hydrogen (secondary N) is 1. The van der Waals surface area contributed by atoms with Gasteiger partial charge in [0.15, 0.2) is 6.21 Å². The summed E-state index contributed by atoms with van der Waals surface area (Å²) in [6.45, 7) is 0. The molecule has 0 saturated carbocycles. The minimum atomic E-state index is 1.21. The molecule has 0 heterocycles. The maximum absolute atomic E-state index is 2.96. The van der Waals surface area contributed by atoms with E-state index in [2.05, 4.69) is 17.1 Å². The molecule has 0 aliphatic rings. The van der Waals surface area contributed by atoms with Crippen LogP contribution in [0.1, 0.15) is 5.56 Å². The van der Waals surface area contributed by atoms with Crippen molar-refractivity contribution in [2.24, 2.45) is 0 Å². The Morgan fingerprint density at radius 3 is 2.44 bits per heavy atom. The quantitative estimate of drug-likeness (QED) is 0.494. The van der Waals surface area contributed by atoms with Crippen LogP contribution in [0.25, 0.3) is 0 Å². The number of benzene rings is 1. The summed E-state index contributed by atoms with van der Waals surface area (Å²) in [5, 5.41) is 0. The zero-order valence-electron chi connectivity index (χ0n) is 5.46. The average molecular weight is 120 g/mol. The monoisotopic (exact) mass is 120 g/mol. The molecule has 0 radical (unpaired) electrons. The van der Waals surface area contributed by atoms with E-state index in [1.165, 1.54) is 5.56 Å². The first-order chi connectivity index (χ1) is 4.43. The molecule has 0 spiro atoms. The summed E-state index contributed by atoms with van der Waals surface area (Å²) >= 11 is 0. The first-order valence-corrected chi connectivity index (χ1v) is 2.99. The van der Waals surface area contributed by atoms with E-state index in [4.69, 9.17) is 0 Å². The van der Waals surface area contributed by atoms with E-state index in [-0.39, 0.29) is 0 Å². The summed E-state index contributed by atoms with van der Waals surface area (Å²) in [4.78, 5) is 2.96. The van der Waals surface area contributed by atoms with Gasteiger partial charge in [0.2, 0.25) is 0 Å². The second-order valence-electron chi connectivity index (χ2n) is 1.84. The highest BCUT2D eigenvalue weighted by Gasteiger charge is 1.83. The second kappa shape index (κ2) is 3.02. The molecule has 0 aliphatic heterocycles. The molecule has 46 valence electrons. The Morgan fingerprint density at radius 2 is 1.89 bits per heavy atom. The summed E-state index contributed by atoms with van der Waals surface area (Å²) in [5.74, 6) is 0. The summed E-state index contributed by atoms with van der Waals surface area (Å²) in [6.07, 6.45) is 1.96. The third-order valence-corrected chi connectivity index (χ3v) is 1.11. The van der Waals surface area contributed by atoms with Crippen molar-refractivity contribution in [3.05, 3.63) is 35.9 Å². The lowest BCUT2D eigenvalue weighted by Crippen LogP contribution is -2.63. The Morgan fingerprint density at radius 1 is 1.22 bits per heavy atom. The first kappa shape index (κ1) is 6.02.